The molecule has 7 nitrogen and oxygen atoms in total. The molecule has 0 saturated heterocycles. The second-order valence-corrected chi connectivity index (χ2v) is 8.98. The molecule has 1 unspecified atom stereocenters. The highest BCUT2D eigenvalue weighted by Crippen LogP contribution is 2.35. The molecule has 1 atom stereocenters. The summed E-state index contributed by atoms with van der Waals surface area (Å²) in [7, 11) is 0. The zero-order valence-corrected chi connectivity index (χ0v) is 18.6. The van der Waals surface area contributed by atoms with Crippen molar-refractivity contribution < 1.29 is 23.5 Å². The number of hydrogen-bond donors (Lipinski definition) is 2. The van der Waals surface area contributed by atoms with Gasteiger partial charge in [-0.1, -0.05) is 34.1 Å². The number of hydrogen-bond acceptors (Lipinski definition) is 5. The van der Waals surface area contributed by atoms with Crippen molar-refractivity contribution in [1.29, 1.82) is 0 Å². The van der Waals surface area contributed by atoms with Gasteiger partial charge in [0, 0.05) is 34.4 Å². The molecular formula is C24H29NO6. The maximum atomic E-state index is 12.6. The highest BCUT2D eigenvalue weighted by Gasteiger charge is 2.22. The average molecular weight is 427 g/mol. The van der Waals surface area contributed by atoms with Gasteiger partial charge in [0.15, 0.2) is 0 Å². The van der Waals surface area contributed by atoms with Crippen LogP contribution in [0, 0.1) is 6.92 Å². The molecule has 166 valence electrons. The van der Waals surface area contributed by atoms with Crippen LogP contribution in [0.2, 0.25) is 0 Å². The minimum absolute atomic E-state index is 0.00575. The summed E-state index contributed by atoms with van der Waals surface area (Å²) >= 11 is 0. The Morgan fingerprint density at radius 1 is 1.16 bits per heavy atom. The van der Waals surface area contributed by atoms with Crippen LogP contribution in [0.3, 0.4) is 0 Å². The van der Waals surface area contributed by atoms with Crippen molar-refractivity contribution in [3.63, 3.8) is 0 Å². The summed E-state index contributed by atoms with van der Waals surface area (Å²) in [5, 5.41) is 13.5. The van der Waals surface area contributed by atoms with E-state index in [9.17, 15) is 19.5 Å². The number of carboxylic acid groups (broad SMARTS) is 1. The number of rotatable bonds is 7. The zero-order valence-electron chi connectivity index (χ0n) is 18.6. The molecule has 2 N–H and O–H groups in total. The minimum Gasteiger partial charge on any atom is -0.480 e. The molecule has 0 bridgehead atoms. The fraction of sp³-hybridized carbons (Fsp3) is 0.458. The number of nitrogens with one attached hydrogen (secondary N) is 1. The van der Waals surface area contributed by atoms with Crippen LogP contribution >= 0.6 is 0 Å². The number of carboxylic acids is 1. The molecule has 2 heterocycles. The number of aliphatic carboxylic acids is 1. The SMILES string of the molecule is CCCC(NC(=O)CCc1c(C)c2cc3c(C(C)(C)C)coc3cc2oc1=O)C(=O)O. The van der Waals surface area contributed by atoms with E-state index in [0.29, 0.717) is 29.6 Å². The Bertz CT molecular complexity index is 1190. The molecule has 0 aliphatic carbocycles. The first kappa shape index (κ1) is 22.6. The summed E-state index contributed by atoms with van der Waals surface area (Å²) in [6.45, 7) is 10.0. The molecule has 7 heteroatoms. The predicted octanol–water partition coefficient (Wildman–Crippen LogP) is 4.45. The third-order valence-electron chi connectivity index (χ3n) is 5.60. The number of aryl methyl sites for hydroxylation is 1. The standard InChI is InChI=1S/C24H29NO6/c1-6-7-18(22(27)28)25-21(26)9-8-14-13(2)15-10-16-17(24(3,4)5)12-30-19(16)11-20(15)31-23(14)29/h10-12,18H,6-9H2,1-5H3,(H,25,26)(H,27,28). The molecule has 0 fully saturated rings. The number of carbonyl (C=O) groups excluding carboxylic acids is 1. The Labute approximate surface area is 180 Å². The smallest absolute Gasteiger partial charge is 0.339 e. The third kappa shape index (κ3) is 4.65. The van der Waals surface area contributed by atoms with Crippen molar-refractivity contribution in [3.8, 4) is 0 Å². The van der Waals surface area contributed by atoms with Crippen LogP contribution in [0.5, 0.6) is 0 Å². The Hall–Kier alpha value is -3.09. The lowest BCUT2D eigenvalue weighted by Gasteiger charge is -2.16. The first-order valence-corrected chi connectivity index (χ1v) is 10.5. The normalized spacial score (nSPS) is 12.9. The lowest BCUT2D eigenvalue weighted by Crippen LogP contribution is -2.40. The van der Waals surface area contributed by atoms with Crippen LogP contribution in [0.25, 0.3) is 21.9 Å². The summed E-state index contributed by atoms with van der Waals surface area (Å²) in [6, 6.07) is 2.78. The fourth-order valence-electron chi connectivity index (χ4n) is 3.83. The van der Waals surface area contributed by atoms with Gasteiger partial charge in [0.05, 0.1) is 6.26 Å². The molecule has 3 aromatic rings. The fourth-order valence-corrected chi connectivity index (χ4v) is 3.83. The van der Waals surface area contributed by atoms with Crippen molar-refractivity contribution in [3.05, 3.63) is 45.5 Å². The van der Waals surface area contributed by atoms with Gasteiger partial charge in [-0.3, -0.25) is 4.79 Å². The molecule has 1 amide bonds. The highest BCUT2D eigenvalue weighted by molar-refractivity contribution is 5.97. The Balaban J connectivity index is 1.92. The first-order chi connectivity index (χ1) is 14.5. The van der Waals surface area contributed by atoms with Crippen LogP contribution in [-0.2, 0) is 21.4 Å². The molecule has 31 heavy (non-hydrogen) atoms. The average Bonchev–Trinajstić information content (AvgIpc) is 3.09. The maximum Gasteiger partial charge on any atom is 0.339 e. The highest BCUT2D eigenvalue weighted by atomic mass is 16.4. The molecule has 1 aromatic carbocycles. The molecular weight excluding hydrogens is 398 g/mol. The molecule has 0 spiro atoms. The third-order valence-corrected chi connectivity index (χ3v) is 5.60. The van der Waals surface area contributed by atoms with E-state index in [0.717, 1.165) is 21.9 Å². The van der Waals surface area contributed by atoms with E-state index in [1.54, 1.807) is 12.3 Å². The van der Waals surface area contributed by atoms with Crippen LogP contribution in [0.1, 0.15) is 63.6 Å². The molecule has 0 aliphatic rings. The van der Waals surface area contributed by atoms with Crippen molar-refractivity contribution in [2.24, 2.45) is 0 Å². The second kappa shape index (κ2) is 8.57. The van der Waals surface area contributed by atoms with Gasteiger partial charge < -0.3 is 19.3 Å². The molecule has 3 rings (SSSR count). The van der Waals surface area contributed by atoms with Gasteiger partial charge in [0.25, 0.3) is 0 Å². The number of amides is 1. The van der Waals surface area contributed by atoms with Gasteiger partial charge in [-0.05, 0) is 36.8 Å². The van der Waals surface area contributed by atoms with Crippen molar-refractivity contribution >= 4 is 33.8 Å². The summed E-state index contributed by atoms with van der Waals surface area (Å²) in [5.74, 6) is -1.46. The quantitative estimate of drug-likeness (QED) is 0.539. The summed E-state index contributed by atoms with van der Waals surface area (Å²) in [6.07, 6.45) is 2.91. The van der Waals surface area contributed by atoms with E-state index in [-0.39, 0.29) is 18.3 Å². The maximum absolute atomic E-state index is 12.6. The monoisotopic (exact) mass is 427 g/mol. The van der Waals surface area contributed by atoms with Crippen LogP contribution in [0.4, 0.5) is 0 Å². The van der Waals surface area contributed by atoms with Crippen molar-refractivity contribution in [2.45, 2.75) is 71.8 Å². The van der Waals surface area contributed by atoms with E-state index in [1.165, 1.54) is 0 Å². The number of fused-ring (bicyclic) bond motifs is 2. The number of furan rings is 1. The molecule has 2 aromatic heterocycles. The Kier molecular flexibility index (Phi) is 6.25. The molecule has 0 aliphatic heterocycles. The topological polar surface area (TPSA) is 110 Å². The lowest BCUT2D eigenvalue weighted by atomic mass is 9.86. The summed E-state index contributed by atoms with van der Waals surface area (Å²) in [4.78, 5) is 36.1. The van der Waals surface area contributed by atoms with Gasteiger partial charge in [0.2, 0.25) is 5.91 Å². The Morgan fingerprint density at radius 2 is 1.87 bits per heavy atom. The second-order valence-electron chi connectivity index (χ2n) is 8.98. The predicted molar refractivity (Wildman–Crippen MR) is 118 cm³/mol. The van der Waals surface area contributed by atoms with E-state index >= 15 is 0 Å². The van der Waals surface area contributed by atoms with Gasteiger partial charge in [-0.15, -0.1) is 0 Å². The summed E-state index contributed by atoms with van der Waals surface area (Å²) < 4.78 is 11.2. The van der Waals surface area contributed by atoms with Crippen LogP contribution < -0.4 is 10.9 Å². The number of carbonyl (C=O) groups is 2. The Morgan fingerprint density at radius 3 is 2.48 bits per heavy atom. The molecule has 0 radical (unpaired) electrons. The van der Waals surface area contributed by atoms with E-state index in [4.69, 9.17) is 8.83 Å². The minimum atomic E-state index is -1.06. The van der Waals surface area contributed by atoms with Crippen LogP contribution in [0.15, 0.2) is 32.0 Å². The number of benzene rings is 1. The molecule has 0 saturated carbocycles. The van der Waals surface area contributed by atoms with E-state index in [1.807, 2.05) is 19.9 Å². The first-order valence-electron chi connectivity index (χ1n) is 10.5. The summed E-state index contributed by atoms with van der Waals surface area (Å²) in [5.41, 5.74) is 2.72. The zero-order chi connectivity index (χ0) is 22.9. The van der Waals surface area contributed by atoms with Gasteiger partial charge in [-0.25, -0.2) is 9.59 Å². The van der Waals surface area contributed by atoms with Crippen molar-refractivity contribution in [1.82, 2.24) is 5.32 Å². The lowest BCUT2D eigenvalue weighted by molar-refractivity contribution is -0.142. The van der Waals surface area contributed by atoms with Gasteiger partial charge in [-0.2, -0.15) is 0 Å². The van der Waals surface area contributed by atoms with E-state index in [2.05, 4.69) is 26.1 Å². The van der Waals surface area contributed by atoms with Crippen LogP contribution in [-0.4, -0.2) is 23.0 Å². The van der Waals surface area contributed by atoms with E-state index < -0.39 is 23.5 Å². The largest absolute Gasteiger partial charge is 0.480 e. The van der Waals surface area contributed by atoms with Crippen molar-refractivity contribution in [2.75, 3.05) is 0 Å². The van der Waals surface area contributed by atoms with Gasteiger partial charge in [0.1, 0.15) is 17.2 Å². The van der Waals surface area contributed by atoms with Gasteiger partial charge >= 0.3 is 11.6 Å².